The number of hydrogen-bond acceptors (Lipinski definition) is 4. The van der Waals surface area contributed by atoms with Crippen molar-refractivity contribution in [3.8, 4) is 0 Å². The molecule has 5 nitrogen and oxygen atoms in total. The fraction of sp³-hybridized carbons (Fsp3) is 0.857. The quantitative estimate of drug-likeness (QED) is 0.658. The van der Waals surface area contributed by atoms with Crippen LogP contribution in [-0.4, -0.2) is 40.6 Å². The van der Waals surface area contributed by atoms with Crippen molar-refractivity contribution in [1.82, 2.24) is 20.1 Å². The van der Waals surface area contributed by atoms with Crippen LogP contribution in [0, 0.1) is 5.92 Å². The Kier molecular flexibility index (Phi) is 7.67. The number of aromatic nitrogens is 3. The summed E-state index contributed by atoms with van der Waals surface area (Å²) in [5.74, 6) is 1.65. The van der Waals surface area contributed by atoms with Gasteiger partial charge in [-0.1, -0.05) is 20.8 Å². The Morgan fingerprint density at radius 3 is 2.79 bits per heavy atom. The van der Waals surface area contributed by atoms with Crippen molar-refractivity contribution in [2.45, 2.75) is 53.1 Å². The Morgan fingerprint density at radius 1 is 1.37 bits per heavy atom. The van der Waals surface area contributed by atoms with Gasteiger partial charge in [-0.05, 0) is 25.8 Å². The third-order valence-electron chi connectivity index (χ3n) is 2.97. The van der Waals surface area contributed by atoms with Crippen LogP contribution in [0.15, 0.2) is 6.33 Å². The van der Waals surface area contributed by atoms with Gasteiger partial charge in [-0.25, -0.2) is 9.67 Å². The highest BCUT2D eigenvalue weighted by Crippen LogP contribution is 2.06. The number of likely N-dealkylation sites (N-methyl/N-ethyl adjacent to an activating group) is 1. The maximum absolute atomic E-state index is 5.44. The number of ether oxygens (including phenoxy) is 1. The van der Waals surface area contributed by atoms with Gasteiger partial charge >= 0.3 is 0 Å². The van der Waals surface area contributed by atoms with Crippen molar-refractivity contribution in [3.63, 3.8) is 0 Å². The minimum absolute atomic E-state index is 0.409. The maximum atomic E-state index is 5.44. The van der Waals surface area contributed by atoms with Crippen LogP contribution in [-0.2, 0) is 17.7 Å². The zero-order valence-corrected chi connectivity index (χ0v) is 12.7. The normalized spacial score (nSPS) is 13.1. The van der Waals surface area contributed by atoms with Crippen molar-refractivity contribution in [2.24, 2.45) is 5.92 Å². The molecule has 19 heavy (non-hydrogen) atoms. The number of nitrogens with zero attached hydrogens (tertiary/aromatic N) is 3. The molecule has 1 atom stereocenters. The summed E-state index contributed by atoms with van der Waals surface area (Å²) in [5, 5.41) is 7.81. The van der Waals surface area contributed by atoms with E-state index in [0.29, 0.717) is 12.0 Å². The highest BCUT2D eigenvalue weighted by molar-refractivity contribution is 4.90. The van der Waals surface area contributed by atoms with Crippen LogP contribution >= 0.6 is 0 Å². The summed E-state index contributed by atoms with van der Waals surface area (Å²) >= 11 is 0. The van der Waals surface area contributed by atoms with E-state index in [1.54, 1.807) is 6.33 Å². The molecular formula is C14H28N4O. The largest absolute Gasteiger partial charge is 0.382 e. The molecule has 110 valence electrons. The Balaban J connectivity index is 2.54. The molecule has 0 aliphatic carbocycles. The minimum atomic E-state index is 0.409. The average Bonchev–Trinajstić information content (AvgIpc) is 2.76. The SMILES string of the molecule is CCNC(CCOCC)Cc1ncnn1CC(C)C. The molecule has 0 spiro atoms. The summed E-state index contributed by atoms with van der Waals surface area (Å²) in [5.41, 5.74) is 0. The van der Waals surface area contributed by atoms with Crippen LogP contribution in [0.1, 0.15) is 39.9 Å². The predicted octanol–water partition coefficient (Wildman–Crippen LogP) is 1.88. The maximum Gasteiger partial charge on any atom is 0.138 e. The second kappa shape index (κ2) is 9.04. The standard InChI is InChI=1S/C14H28N4O/c1-5-15-13(7-8-19-6-2)9-14-16-11-17-18(14)10-12(3)4/h11-13,15H,5-10H2,1-4H3. The fourth-order valence-electron chi connectivity index (χ4n) is 2.10. The zero-order valence-electron chi connectivity index (χ0n) is 12.7. The summed E-state index contributed by atoms with van der Waals surface area (Å²) in [6, 6.07) is 0.409. The molecule has 1 aromatic heterocycles. The monoisotopic (exact) mass is 268 g/mol. The first kappa shape index (κ1) is 16.1. The summed E-state index contributed by atoms with van der Waals surface area (Å²) in [6.07, 6.45) is 3.58. The fourth-order valence-corrected chi connectivity index (χ4v) is 2.10. The minimum Gasteiger partial charge on any atom is -0.382 e. The van der Waals surface area contributed by atoms with Gasteiger partial charge in [0.15, 0.2) is 0 Å². The molecule has 1 N–H and O–H groups in total. The molecule has 0 aliphatic rings. The van der Waals surface area contributed by atoms with Gasteiger partial charge in [0.05, 0.1) is 0 Å². The van der Waals surface area contributed by atoms with E-state index < -0.39 is 0 Å². The molecule has 0 radical (unpaired) electrons. The van der Waals surface area contributed by atoms with Crippen molar-refractivity contribution >= 4 is 0 Å². The topological polar surface area (TPSA) is 52.0 Å². The van der Waals surface area contributed by atoms with Gasteiger partial charge in [0.25, 0.3) is 0 Å². The summed E-state index contributed by atoms with van der Waals surface area (Å²) < 4.78 is 7.46. The number of rotatable bonds is 10. The molecule has 1 aromatic rings. The van der Waals surface area contributed by atoms with E-state index in [0.717, 1.165) is 45.0 Å². The summed E-state index contributed by atoms with van der Waals surface area (Å²) in [4.78, 5) is 4.39. The van der Waals surface area contributed by atoms with Gasteiger partial charge in [-0.15, -0.1) is 0 Å². The van der Waals surface area contributed by atoms with Crippen molar-refractivity contribution in [2.75, 3.05) is 19.8 Å². The first-order valence-corrected chi connectivity index (χ1v) is 7.35. The first-order valence-electron chi connectivity index (χ1n) is 7.35. The Hall–Kier alpha value is -0.940. The average molecular weight is 268 g/mol. The lowest BCUT2D eigenvalue weighted by molar-refractivity contribution is 0.136. The van der Waals surface area contributed by atoms with E-state index in [2.05, 4.69) is 36.2 Å². The molecule has 0 aliphatic heterocycles. The lowest BCUT2D eigenvalue weighted by Crippen LogP contribution is -2.33. The molecule has 0 fully saturated rings. The van der Waals surface area contributed by atoms with E-state index in [1.165, 1.54) is 0 Å². The van der Waals surface area contributed by atoms with Crippen molar-refractivity contribution in [3.05, 3.63) is 12.2 Å². The van der Waals surface area contributed by atoms with Gasteiger partial charge in [-0.2, -0.15) is 5.10 Å². The Morgan fingerprint density at radius 2 is 2.16 bits per heavy atom. The first-order chi connectivity index (χ1) is 9.17. The molecule has 0 saturated carbocycles. The third kappa shape index (κ3) is 6.16. The summed E-state index contributed by atoms with van der Waals surface area (Å²) in [7, 11) is 0. The number of nitrogens with one attached hydrogen (secondary N) is 1. The molecule has 1 rings (SSSR count). The zero-order chi connectivity index (χ0) is 14.1. The lowest BCUT2D eigenvalue weighted by atomic mass is 10.1. The molecule has 0 aromatic carbocycles. The highest BCUT2D eigenvalue weighted by Gasteiger charge is 2.13. The molecule has 1 unspecified atom stereocenters. The second-order valence-electron chi connectivity index (χ2n) is 5.20. The lowest BCUT2D eigenvalue weighted by Gasteiger charge is -2.18. The van der Waals surface area contributed by atoms with Gasteiger partial charge < -0.3 is 10.1 Å². The van der Waals surface area contributed by atoms with Crippen LogP contribution in [0.2, 0.25) is 0 Å². The Bertz CT molecular complexity index is 338. The van der Waals surface area contributed by atoms with E-state index >= 15 is 0 Å². The van der Waals surface area contributed by atoms with E-state index in [-0.39, 0.29) is 0 Å². The van der Waals surface area contributed by atoms with Crippen LogP contribution in [0.4, 0.5) is 0 Å². The van der Waals surface area contributed by atoms with E-state index in [1.807, 2.05) is 11.6 Å². The third-order valence-corrected chi connectivity index (χ3v) is 2.97. The van der Waals surface area contributed by atoms with Crippen LogP contribution in [0.5, 0.6) is 0 Å². The number of hydrogen-bond donors (Lipinski definition) is 1. The smallest absolute Gasteiger partial charge is 0.138 e. The van der Waals surface area contributed by atoms with Crippen molar-refractivity contribution in [1.29, 1.82) is 0 Å². The van der Waals surface area contributed by atoms with Gasteiger partial charge in [0.2, 0.25) is 0 Å². The van der Waals surface area contributed by atoms with Gasteiger partial charge in [-0.3, -0.25) is 0 Å². The molecule has 0 bridgehead atoms. The summed E-state index contributed by atoms with van der Waals surface area (Å²) in [6.45, 7) is 12.0. The van der Waals surface area contributed by atoms with Crippen LogP contribution in [0.25, 0.3) is 0 Å². The van der Waals surface area contributed by atoms with Crippen LogP contribution < -0.4 is 5.32 Å². The van der Waals surface area contributed by atoms with E-state index in [4.69, 9.17) is 4.74 Å². The predicted molar refractivity (Wildman–Crippen MR) is 77.1 cm³/mol. The van der Waals surface area contributed by atoms with E-state index in [9.17, 15) is 0 Å². The van der Waals surface area contributed by atoms with Gasteiger partial charge in [0.1, 0.15) is 12.2 Å². The second-order valence-corrected chi connectivity index (χ2v) is 5.20. The molecule has 1 heterocycles. The molecule has 0 amide bonds. The molecular weight excluding hydrogens is 240 g/mol. The van der Waals surface area contributed by atoms with Gasteiger partial charge in [0, 0.05) is 32.2 Å². The van der Waals surface area contributed by atoms with Crippen LogP contribution in [0.3, 0.4) is 0 Å². The molecule has 0 saturated heterocycles. The molecule has 5 heteroatoms. The Labute approximate surface area is 116 Å². The highest BCUT2D eigenvalue weighted by atomic mass is 16.5. The van der Waals surface area contributed by atoms with Crippen molar-refractivity contribution < 1.29 is 4.74 Å².